The molecule has 1 amide bonds. The van der Waals surface area contributed by atoms with Gasteiger partial charge in [0.05, 0.1) is 5.75 Å². The van der Waals surface area contributed by atoms with Crippen molar-refractivity contribution >= 4 is 27.3 Å². The fourth-order valence-electron chi connectivity index (χ4n) is 3.82. The van der Waals surface area contributed by atoms with Gasteiger partial charge in [-0.3, -0.25) is 4.79 Å². The molecule has 1 aromatic rings. The molecule has 0 atom stereocenters. The first kappa shape index (κ1) is 20.1. The molecule has 2 fully saturated rings. The van der Waals surface area contributed by atoms with Crippen LogP contribution in [0, 0.1) is 0 Å². The van der Waals surface area contributed by atoms with E-state index in [0.717, 1.165) is 43.7 Å². The van der Waals surface area contributed by atoms with Crippen LogP contribution in [-0.2, 0) is 14.8 Å². The average molecular weight is 394 g/mol. The number of nitrogens with one attached hydrogen (secondary N) is 1. The van der Waals surface area contributed by atoms with Crippen molar-refractivity contribution < 1.29 is 13.2 Å². The lowest BCUT2D eigenvalue weighted by Gasteiger charge is -2.25. The van der Waals surface area contributed by atoms with Gasteiger partial charge in [0.25, 0.3) is 0 Å². The Labute approximate surface area is 163 Å². The molecule has 27 heavy (non-hydrogen) atoms. The van der Waals surface area contributed by atoms with Crippen LogP contribution in [0.5, 0.6) is 0 Å². The maximum absolute atomic E-state index is 12.3. The summed E-state index contributed by atoms with van der Waals surface area (Å²) >= 11 is 0. The Morgan fingerprint density at radius 2 is 1.67 bits per heavy atom. The molecular formula is C20H31N3O3S. The zero-order valence-electron chi connectivity index (χ0n) is 16.0. The Bertz CT molecular complexity index is 724. The minimum Gasteiger partial charge on any atom is -0.371 e. The largest absolute Gasteiger partial charge is 0.371 e. The van der Waals surface area contributed by atoms with Crippen molar-refractivity contribution in [2.75, 3.05) is 42.1 Å². The molecule has 1 aromatic carbocycles. The second-order valence-corrected chi connectivity index (χ2v) is 9.61. The van der Waals surface area contributed by atoms with Crippen molar-refractivity contribution in [3.63, 3.8) is 0 Å². The van der Waals surface area contributed by atoms with Crippen LogP contribution in [0.3, 0.4) is 0 Å². The second-order valence-electron chi connectivity index (χ2n) is 7.53. The van der Waals surface area contributed by atoms with Gasteiger partial charge in [0, 0.05) is 44.0 Å². The van der Waals surface area contributed by atoms with Crippen molar-refractivity contribution in [1.82, 2.24) is 4.31 Å². The number of anilines is 2. The summed E-state index contributed by atoms with van der Waals surface area (Å²) in [4.78, 5) is 14.5. The first-order chi connectivity index (χ1) is 13.0. The van der Waals surface area contributed by atoms with Gasteiger partial charge in [-0.05, 0) is 56.7 Å². The van der Waals surface area contributed by atoms with E-state index < -0.39 is 10.0 Å². The maximum Gasteiger partial charge on any atom is 0.224 e. The third-order valence-electron chi connectivity index (χ3n) is 5.37. The van der Waals surface area contributed by atoms with Gasteiger partial charge in [0.2, 0.25) is 15.9 Å². The third kappa shape index (κ3) is 5.94. The first-order valence-corrected chi connectivity index (χ1v) is 11.8. The van der Waals surface area contributed by atoms with Gasteiger partial charge in [0.15, 0.2) is 0 Å². The summed E-state index contributed by atoms with van der Waals surface area (Å²) in [5, 5.41) is 2.94. The van der Waals surface area contributed by atoms with Crippen LogP contribution in [0.1, 0.15) is 51.4 Å². The van der Waals surface area contributed by atoms with E-state index in [0.29, 0.717) is 32.4 Å². The van der Waals surface area contributed by atoms with Gasteiger partial charge < -0.3 is 10.2 Å². The molecule has 2 heterocycles. The highest BCUT2D eigenvalue weighted by Gasteiger charge is 2.23. The molecule has 2 aliphatic heterocycles. The zero-order valence-corrected chi connectivity index (χ0v) is 16.8. The first-order valence-electron chi connectivity index (χ1n) is 10.2. The Kier molecular flexibility index (Phi) is 7.13. The summed E-state index contributed by atoms with van der Waals surface area (Å²) in [5.74, 6) is 0.0917. The highest BCUT2D eigenvalue weighted by Crippen LogP contribution is 2.23. The van der Waals surface area contributed by atoms with Crippen molar-refractivity contribution in [1.29, 1.82) is 0 Å². The monoisotopic (exact) mass is 393 g/mol. The Morgan fingerprint density at radius 3 is 2.41 bits per heavy atom. The summed E-state index contributed by atoms with van der Waals surface area (Å²) in [7, 11) is -3.16. The number of hydrogen-bond acceptors (Lipinski definition) is 4. The predicted molar refractivity (Wildman–Crippen MR) is 110 cm³/mol. The molecule has 150 valence electrons. The molecule has 0 unspecified atom stereocenters. The quantitative estimate of drug-likeness (QED) is 0.689. The summed E-state index contributed by atoms with van der Waals surface area (Å²) in [6.07, 6.45) is 6.93. The van der Waals surface area contributed by atoms with Crippen LogP contribution in [0.15, 0.2) is 24.3 Å². The van der Waals surface area contributed by atoms with Crippen LogP contribution in [0.2, 0.25) is 0 Å². The zero-order chi connectivity index (χ0) is 19.1. The molecule has 0 aromatic heterocycles. The second kappa shape index (κ2) is 9.55. The maximum atomic E-state index is 12.3. The number of piperidine rings is 1. The molecule has 0 bridgehead atoms. The summed E-state index contributed by atoms with van der Waals surface area (Å²) in [6, 6.07) is 7.96. The van der Waals surface area contributed by atoms with E-state index in [2.05, 4.69) is 16.3 Å². The lowest BCUT2D eigenvalue weighted by atomic mass is 10.2. The van der Waals surface area contributed by atoms with E-state index in [4.69, 9.17) is 0 Å². The molecule has 7 heteroatoms. The minimum absolute atomic E-state index is 0.0519. The Hall–Kier alpha value is -1.60. The lowest BCUT2D eigenvalue weighted by Crippen LogP contribution is -2.37. The van der Waals surface area contributed by atoms with Gasteiger partial charge >= 0.3 is 0 Å². The van der Waals surface area contributed by atoms with E-state index in [1.165, 1.54) is 12.8 Å². The minimum atomic E-state index is -3.16. The van der Waals surface area contributed by atoms with Crippen molar-refractivity contribution in [2.24, 2.45) is 0 Å². The van der Waals surface area contributed by atoms with E-state index in [1.807, 2.05) is 18.2 Å². The number of unbranched alkanes of at least 4 members (excludes halogenated alkanes) is 1. The smallest absolute Gasteiger partial charge is 0.224 e. The summed E-state index contributed by atoms with van der Waals surface area (Å²) in [5.41, 5.74) is 1.96. The molecule has 6 nitrogen and oxygen atoms in total. The van der Waals surface area contributed by atoms with E-state index in [-0.39, 0.29) is 11.7 Å². The fraction of sp³-hybridized carbons (Fsp3) is 0.650. The molecule has 2 saturated heterocycles. The number of amides is 1. The predicted octanol–water partition coefficient (Wildman–Crippen LogP) is 3.21. The van der Waals surface area contributed by atoms with Crippen LogP contribution in [-0.4, -0.2) is 50.6 Å². The van der Waals surface area contributed by atoms with E-state index in [1.54, 1.807) is 4.31 Å². The SMILES string of the molecule is O=C(CCCCS(=O)(=O)N1CCCCC1)Nc1cccc(N2CCCC2)c1. The Morgan fingerprint density at radius 1 is 0.963 bits per heavy atom. The fourth-order valence-corrected chi connectivity index (χ4v) is 5.46. The molecular weight excluding hydrogens is 362 g/mol. The van der Waals surface area contributed by atoms with Crippen molar-refractivity contribution in [3.05, 3.63) is 24.3 Å². The van der Waals surface area contributed by atoms with Crippen molar-refractivity contribution in [2.45, 2.75) is 51.4 Å². The molecule has 0 saturated carbocycles. The molecule has 1 N–H and O–H groups in total. The molecule has 0 radical (unpaired) electrons. The van der Waals surface area contributed by atoms with Crippen molar-refractivity contribution in [3.8, 4) is 0 Å². The van der Waals surface area contributed by atoms with E-state index >= 15 is 0 Å². The summed E-state index contributed by atoms with van der Waals surface area (Å²) in [6.45, 7) is 3.44. The number of carbonyl (C=O) groups excluding carboxylic acids is 1. The van der Waals surface area contributed by atoms with E-state index in [9.17, 15) is 13.2 Å². The van der Waals surface area contributed by atoms with Crippen LogP contribution in [0.4, 0.5) is 11.4 Å². The third-order valence-corrected chi connectivity index (χ3v) is 7.32. The van der Waals surface area contributed by atoms with Crippen LogP contribution in [0.25, 0.3) is 0 Å². The van der Waals surface area contributed by atoms with Gasteiger partial charge in [-0.2, -0.15) is 0 Å². The van der Waals surface area contributed by atoms with Crippen LogP contribution < -0.4 is 10.2 Å². The Balaban J connectivity index is 1.40. The molecule has 0 aliphatic carbocycles. The average Bonchev–Trinajstić information content (AvgIpc) is 3.21. The normalized spacial score (nSPS) is 18.6. The summed E-state index contributed by atoms with van der Waals surface area (Å²) < 4.78 is 26.2. The molecule has 0 spiro atoms. The number of benzene rings is 1. The number of nitrogens with zero attached hydrogens (tertiary/aromatic N) is 2. The number of hydrogen-bond donors (Lipinski definition) is 1. The van der Waals surface area contributed by atoms with Gasteiger partial charge in [0.1, 0.15) is 0 Å². The van der Waals surface area contributed by atoms with Gasteiger partial charge in [-0.1, -0.05) is 12.5 Å². The van der Waals surface area contributed by atoms with Gasteiger partial charge in [-0.25, -0.2) is 12.7 Å². The number of rotatable bonds is 8. The van der Waals surface area contributed by atoms with Crippen LogP contribution >= 0.6 is 0 Å². The number of sulfonamides is 1. The standard InChI is InChI=1S/C20H31N3O3S/c24-20(11-2-7-16-27(25,26)23-14-3-1-4-15-23)21-18-9-8-10-19(17-18)22-12-5-6-13-22/h8-10,17H,1-7,11-16H2,(H,21,24). The topological polar surface area (TPSA) is 69.7 Å². The highest BCUT2D eigenvalue weighted by molar-refractivity contribution is 7.89. The lowest BCUT2D eigenvalue weighted by molar-refractivity contribution is -0.116. The molecule has 2 aliphatic rings. The van der Waals surface area contributed by atoms with Gasteiger partial charge in [-0.15, -0.1) is 0 Å². The highest BCUT2D eigenvalue weighted by atomic mass is 32.2. The molecule has 3 rings (SSSR count). The number of carbonyl (C=O) groups is 1.